The summed E-state index contributed by atoms with van der Waals surface area (Å²) in [7, 11) is 0. The lowest BCUT2D eigenvalue weighted by Crippen LogP contribution is -2.45. The van der Waals surface area contributed by atoms with Crippen molar-refractivity contribution in [2.45, 2.75) is 57.2 Å². The molecule has 1 N–H and O–H groups in total. The third-order valence-electron chi connectivity index (χ3n) is 4.55. The second-order valence-corrected chi connectivity index (χ2v) is 5.76. The van der Waals surface area contributed by atoms with Gasteiger partial charge in [0.1, 0.15) is 0 Å². The van der Waals surface area contributed by atoms with Gasteiger partial charge in [-0.3, -0.25) is 4.90 Å². The molecule has 0 amide bonds. The van der Waals surface area contributed by atoms with Crippen LogP contribution in [0.3, 0.4) is 0 Å². The largest absolute Gasteiger partial charge is 0.391 e. The topological polar surface area (TPSA) is 23.5 Å². The van der Waals surface area contributed by atoms with Crippen molar-refractivity contribution in [2.24, 2.45) is 0 Å². The molecule has 0 bridgehead atoms. The van der Waals surface area contributed by atoms with Crippen LogP contribution in [0.4, 0.5) is 0 Å². The zero-order valence-corrected chi connectivity index (χ0v) is 11.0. The van der Waals surface area contributed by atoms with Crippen LogP contribution in [-0.4, -0.2) is 28.7 Å². The highest BCUT2D eigenvalue weighted by Gasteiger charge is 2.29. The van der Waals surface area contributed by atoms with Gasteiger partial charge < -0.3 is 5.11 Å². The molecule has 0 saturated heterocycles. The summed E-state index contributed by atoms with van der Waals surface area (Å²) in [6, 6.07) is 9.19. The van der Waals surface area contributed by atoms with E-state index < -0.39 is 0 Å². The fourth-order valence-electron chi connectivity index (χ4n) is 3.53. The number of benzene rings is 1. The molecule has 0 spiro atoms. The Bertz CT molecular complexity index is 404. The van der Waals surface area contributed by atoms with Crippen molar-refractivity contribution in [1.29, 1.82) is 0 Å². The third-order valence-corrected chi connectivity index (χ3v) is 4.55. The van der Waals surface area contributed by atoms with Crippen LogP contribution >= 0.6 is 0 Å². The Labute approximate surface area is 110 Å². The predicted octanol–water partition coefficient (Wildman–Crippen LogP) is 2.74. The van der Waals surface area contributed by atoms with E-state index in [2.05, 4.69) is 29.2 Å². The Morgan fingerprint density at radius 3 is 2.61 bits per heavy atom. The van der Waals surface area contributed by atoms with Crippen LogP contribution in [-0.2, 0) is 13.0 Å². The third kappa shape index (κ3) is 2.45. The molecule has 1 aromatic carbocycles. The number of hydrogen-bond donors (Lipinski definition) is 1. The number of aliphatic hydroxyl groups excluding tert-OH is 1. The minimum atomic E-state index is -0.107. The van der Waals surface area contributed by atoms with Crippen molar-refractivity contribution >= 4 is 0 Å². The molecular weight excluding hydrogens is 222 g/mol. The SMILES string of the molecule is OC1CCCCC1N1CCCc2ccccc2C1. The molecule has 2 aliphatic rings. The molecule has 1 fully saturated rings. The number of hydrogen-bond acceptors (Lipinski definition) is 2. The number of rotatable bonds is 1. The van der Waals surface area contributed by atoms with E-state index in [4.69, 9.17) is 0 Å². The molecule has 2 nitrogen and oxygen atoms in total. The van der Waals surface area contributed by atoms with Gasteiger partial charge in [-0.05, 0) is 43.4 Å². The molecule has 3 rings (SSSR count). The summed E-state index contributed by atoms with van der Waals surface area (Å²) < 4.78 is 0. The van der Waals surface area contributed by atoms with Gasteiger partial charge in [-0.2, -0.15) is 0 Å². The maximum atomic E-state index is 10.2. The van der Waals surface area contributed by atoms with Gasteiger partial charge in [-0.1, -0.05) is 37.1 Å². The van der Waals surface area contributed by atoms with E-state index in [0.717, 1.165) is 19.5 Å². The summed E-state index contributed by atoms with van der Waals surface area (Å²) in [6.07, 6.45) is 6.94. The van der Waals surface area contributed by atoms with Crippen LogP contribution in [0.5, 0.6) is 0 Å². The van der Waals surface area contributed by atoms with Crippen LogP contribution in [0.1, 0.15) is 43.2 Å². The molecule has 18 heavy (non-hydrogen) atoms. The minimum absolute atomic E-state index is 0.107. The van der Waals surface area contributed by atoms with Gasteiger partial charge in [0.15, 0.2) is 0 Å². The average Bonchev–Trinajstić information content (AvgIpc) is 2.61. The normalized spacial score (nSPS) is 29.6. The van der Waals surface area contributed by atoms with Crippen molar-refractivity contribution in [3.8, 4) is 0 Å². The molecular formula is C16H23NO. The van der Waals surface area contributed by atoms with E-state index in [9.17, 15) is 5.11 Å². The summed E-state index contributed by atoms with van der Waals surface area (Å²) in [5, 5.41) is 10.2. The summed E-state index contributed by atoms with van der Waals surface area (Å²) >= 11 is 0. The molecule has 0 aromatic heterocycles. The minimum Gasteiger partial charge on any atom is -0.391 e. The Morgan fingerprint density at radius 1 is 1.00 bits per heavy atom. The fraction of sp³-hybridized carbons (Fsp3) is 0.625. The van der Waals surface area contributed by atoms with Crippen LogP contribution < -0.4 is 0 Å². The molecule has 1 heterocycles. The first-order chi connectivity index (χ1) is 8.84. The number of aryl methyl sites for hydroxylation is 1. The van der Waals surface area contributed by atoms with Crippen LogP contribution in [0.25, 0.3) is 0 Å². The Hall–Kier alpha value is -0.860. The number of nitrogens with zero attached hydrogens (tertiary/aromatic N) is 1. The van der Waals surface area contributed by atoms with Gasteiger partial charge in [0.2, 0.25) is 0 Å². The molecule has 1 aromatic rings. The highest BCUT2D eigenvalue weighted by molar-refractivity contribution is 5.28. The molecule has 1 aliphatic carbocycles. The first-order valence-electron chi connectivity index (χ1n) is 7.33. The van der Waals surface area contributed by atoms with Crippen LogP contribution in [0, 0.1) is 0 Å². The number of fused-ring (bicyclic) bond motifs is 1. The fourth-order valence-corrected chi connectivity index (χ4v) is 3.53. The van der Waals surface area contributed by atoms with Crippen molar-refractivity contribution in [3.63, 3.8) is 0 Å². The monoisotopic (exact) mass is 245 g/mol. The molecule has 1 saturated carbocycles. The van der Waals surface area contributed by atoms with E-state index in [1.807, 2.05) is 0 Å². The molecule has 2 unspecified atom stereocenters. The Balaban J connectivity index is 1.78. The second-order valence-electron chi connectivity index (χ2n) is 5.76. The molecule has 1 aliphatic heterocycles. The quantitative estimate of drug-likeness (QED) is 0.822. The lowest BCUT2D eigenvalue weighted by Gasteiger charge is -2.37. The van der Waals surface area contributed by atoms with Crippen LogP contribution in [0.2, 0.25) is 0 Å². The highest BCUT2D eigenvalue weighted by Crippen LogP contribution is 2.27. The summed E-state index contributed by atoms with van der Waals surface area (Å²) in [6.45, 7) is 2.16. The van der Waals surface area contributed by atoms with Gasteiger partial charge >= 0.3 is 0 Å². The molecule has 2 heteroatoms. The van der Waals surface area contributed by atoms with E-state index >= 15 is 0 Å². The lowest BCUT2D eigenvalue weighted by molar-refractivity contribution is 0.0164. The maximum Gasteiger partial charge on any atom is 0.0695 e. The van der Waals surface area contributed by atoms with Crippen molar-refractivity contribution < 1.29 is 5.11 Å². The van der Waals surface area contributed by atoms with Gasteiger partial charge in [0.25, 0.3) is 0 Å². The highest BCUT2D eigenvalue weighted by atomic mass is 16.3. The van der Waals surface area contributed by atoms with Gasteiger partial charge in [-0.15, -0.1) is 0 Å². The van der Waals surface area contributed by atoms with E-state index in [-0.39, 0.29) is 6.10 Å². The van der Waals surface area contributed by atoms with Crippen LogP contribution in [0.15, 0.2) is 24.3 Å². The van der Waals surface area contributed by atoms with Crippen molar-refractivity contribution in [2.75, 3.05) is 6.54 Å². The zero-order valence-electron chi connectivity index (χ0n) is 11.0. The standard InChI is InChI=1S/C16H23NO/c18-16-10-4-3-9-15(16)17-11-5-8-13-6-1-2-7-14(13)12-17/h1-2,6-7,15-16,18H,3-5,8-12H2. The van der Waals surface area contributed by atoms with E-state index in [0.29, 0.717) is 6.04 Å². The van der Waals surface area contributed by atoms with Crippen molar-refractivity contribution in [1.82, 2.24) is 4.90 Å². The van der Waals surface area contributed by atoms with Gasteiger partial charge in [0.05, 0.1) is 6.10 Å². The number of aliphatic hydroxyl groups is 1. The molecule has 98 valence electrons. The lowest BCUT2D eigenvalue weighted by atomic mass is 9.91. The average molecular weight is 245 g/mol. The summed E-state index contributed by atoms with van der Waals surface area (Å²) in [5.41, 5.74) is 2.97. The first-order valence-corrected chi connectivity index (χ1v) is 7.33. The summed E-state index contributed by atoms with van der Waals surface area (Å²) in [5.74, 6) is 0. The maximum absolute atomic E-state index is 10.2. The summed E-state index contributed by atoms with van der Waals surface area (Å²) in [4.78, 5) is 2.52. The Kier molecular flexibility index (Phi) is 3.67. The molecule has 2 atom stereocenters. The zero-order chi connectivity index (χ0) is 12.4. The van der Waals surface area contributed by atoms with Gasteiger partial charge in [-0.25, -0.2) is 0 Å². The first kappa shape index (κ1) is 12.2. The van der Waals surface area contributed by atoms with Crippen molar-refractivity contribution in [3.05, 3.63) is 35.4 Å². The second kappa shape index (κ2) is 5.41. The molecule has 0 radical (unpaired) electrons. The van der Waals surface area contributed by atoms with Gasteiger partial charge in [0, 0.05) is 12.6 Å². The van der Waals surface area contributed by atoms with E-state index in [1.165, 1.54) is 43.2 Å². The predicted molar refractivity (Wildman–Crippen MR) is 73.4 cm³/mol. The Morgan fingerprint density at radius 2 is 1.78 bits per heavy atom. The van der Waals surface area contributed by atoms with E-state index in [1.54, 1.807) is 0 Å². The smallest absolute Gasteiger partial charge is 0.0695 e.